The van der Waals surface area contributed by atoms with Gasteiger partial charge in [-0.15, -0.1) is 0 Å². The van der Waals surface area contributed by atoms with E-state index in [0.29, 0.717) is 6.42 Å². The second-order valence-electron chi connectivity index (χ2n) is 3.91. The van der Waals surface area contributed by atoms with E-state index in [1.54, 1.807) is 0 Å². The van der Waals surface area contributed by atoms with Crippen LogP contribution in [0.5, 0.6) is 0 Å². The van der Waals surface area contributed by atoms with Crippen molar-refractivity contribution < 1.29 is 9.90 Å². The minimum absolute atomic E-state index is 0.399. The monoisotopic (exact) mass is 214 g/mol. The van der Waals surface area contributed by atoms with E-state index in [9.17, 15) is 4.79 Å². The Morgan fingerprint density at radius 1 is 1.19 bits per heavy atom. The normalized spacial score (nSPS) is 12.6. The molecule has 82 valence electrons. The van der Waals surface area contributed by atoms with Crippen LogP contribution in [0.1, 0.15) is 24.8 Å². The lowest BCUT2D eigenvalue weighted by Gasteiger charge is -2.10. The number of carbonyl (C=O) groups is 1. The molecule has 16 heavy (non-hydrogen) atoms. The lowest BCUT2D eigenvalue weighted by Crippen LogP contribution is -2.10. The van der Waals surface area contributed by atoms with Gasteiger partial charge in [0.05, 0.1) is 5.92 Å². The Kier molecular flexibility index (Phi) is 2.91. The Hall–Kier alpha value is -1.83. The molecule has 0 heterocycles. The van der Waals surface area contributed by atoms with E-state index in [1.807, 2.05) is 49.4 Å². The van der Waals surface area contributed by atoms with Gasteiger partial charge in [0.25, 0.3) is 0 Å². The average molecular weight is 214 g/mol. The highest BCUT2D eigenvalue weighted by Gasteiger charge is 2.17. The summed E-state index contributed by atoms with van der Waals surface area (Å²) < 4.78 is 0. The zero-order valence-corrected chi connectivity index (χ0v) is 9.18. The summed E-state index contributed by atoms with van der Waals surface area (Å²) in [5.74, 6) is -1.15. The SMILES string of the molecule is CCC(C(=O)O)c1ccc2ccccc2c1. The molecule has 0 aliphatic rings. The van der Waals surface area contributed by atoms with E-state index in [1.165, 1.54) is 0 Å². The van der Waals surface area contributed by atoms with Gasteiger partial charge in [-0.25, -0.2) is 0 Å². The fourth-order valence-corrected chi connectivity index (χ4v) is 1.98. The molecule has 0 bridgehead atoms. The molecule has 1 N–H and O–H groups in total. The van der Waals surface area contributed by atoms with Gasteiger partial charge in [-0.05, 0) is 22.8 Å². The summed E-state index contributed by atoms with van der Waals surface area (Å²) >= 11 is 0. The van der Waals surface area contributed by atoms with Gasteiger partial charge >= 0.3 is 5.97 Å². The molecule has 1 atom stereocenters. The first-order valence-electron chi connectivity index (χ1n) is 5.44. The highest BCUT2D eigenvalue weighted by molar-refractivity contribution is 5.85. The highest BCUT2D eigenvalue weighted by Crippen LogP contribution is 2.24. The van der Waals surface area contributed by atoms with Crippen molar-refractivity contribution in [1.29, 1.82) is 0 Å². The van der Waals surface area contributed by atoms with Gasteiger partial charge in [0, 0.05) is 0 Å². The largest absolute Gasteiger partial charge is 0.481 e. The molecule has 0 aliphatic heterocycles. The van der Waals surface area contributed by atoms with Gasteiger partial charge in [-0.2, -0.15) is 0 Å². The standard InChI is InChI=1S/C14H14O2/c1-2-13(14(15)16)12-8-7-10-5-3-4-6-11(10)9-12/h3-9,13H,2H2,1H3,(H,15,16). The first-order valence-corrected chi connectivity index (χ1v) is 5.44. The molecule has 1 unspecified atom stereocenters. The van der Waals surface area contributed by atoms with Crippen LogP contribution in [0.15, 0.2) is 42.5 Å². The minimum atomic E-state index is -0.752. The highest BCUT2D eigenvalue weighted by atomic mass is 16.4. The molecule has 2 aromatic carbocycles. The maximum absolute atomic E-state index is 11.1. The third-order valence-corrected chi connectivity index (χ3v) is 2.88. The summed E-state index contributed by atoms with van der Waals surface area (Å²) in [5, 5.41) is 11.3. The maximum Gasteiger partial charge on any atom is 0.310 e. The number of fused-ring (bicyclic) bond motifs is 1. The molecule has 0 fully saturated rings. The van der Waals surface area contributed by atoms with E-state index < -0.39 is 11.9 Å². The van der Waals surface area contributed by atoms with Gasteiger partial charge < -0.3 is 5.11 Å². The van der Waals surface area contributed by atoms with Crippen LogP contribution in [0, 0.1) is 0 Å². The van der Waals surface area contributed by atoms with Crippen molar-refractivity contribution in [3.63, 3.8) is 0 Å². The molecule has 0 saturated heterocycles. The number of rotatable bonds is 3. The molecule has 2 aromatic rings. The zero-order valence-electron chi connectivity index (χ0n) is 9.18. The minimum Gasteiger partial charge on any atom is -0.481 e. The van der Waals surface area contributed by atoms with Crippen LogP contribution in [0.25, 0.3) is 10.8 Å². The Balaban J connectivity index is 2.49. The van der Waals surface area contributed by atoms with Gasteiger partial charge in [0.15, 0.2) is 0 Å². The third-order valence-electron chi connectivity index (χ3n) is 2.88. The third kappa shape index (κ3) is 1.91. The number of hydrogen-bond donors (Lipinski definition) is 1. The molecule has 0 amide bonds. The van der Waals surface area contributed by atoms with E-state index in [-0.39, 0.29) is 0 Å². The molecular weight excluding hydrogens is 200 g/mol. The summed E-state index contributed by atoms with van der Waals surface area (Å²) in [6.45, 7) is 1.90. The Morgan fingerprint density at radius 2 is 1.88 bits per heavy atom. The van der Waals surface area contributed by atoms with Crippen molar-refractivity contribution in [1.82, 2.24) is 0 Å². The summed E-state index contributed by atoms with van der Waals surface area (Å²) in [4.78, 5) is 11.1. The summed E-state index contributed by atoms with van der Waals surface area (Å²) in [6.07, 6.45) is 0.619. The van der Waals surface area contributed by atoms with Gasteiger partial charge in [-0.1, -0.05) is 49.4 Å². The molecule has 0 spiro atoms. The fourth-order valence-electron chi connectivity index (χ4n) is 1.98. The van der Waals surface area contributed by atoms with Gasteiger partial charge in [-0.3, -0.25) is 4.79 Å². The van der Waals surface area contributed by atoms with Crippen molar-refractivity contribution in [2.24, 2.45) is 0 Å². The molecule has 2 heteroatoms. The van der Waals surface area contributed by atoms with Crippen LogP contribution in [0.3, 0.4) is 0 Å². The number of benzene rings is 2. The van der Waals surface area contributed by atoms with Gasteiger partial charge in [0.2, 0.25) is 0 Å². The molecule has 0 aliphatic carbocycles. The van der Waals surface area contributed by atoms with Crippen LogP contribution < -0.4 is 0 Å². The van der Waals surface area contributed by atoms with Crippen molar-refractivity contribution in [2.45, 2.75) is 19.3 Å². The predicted molar refractivity (Wildman–Crippen MR) is 64.6 cm³/mol. The van der Waals surface area contributed by atoms with Crippen LogP contribution in [-0.2, 0) is 4.79 Å². The van der Waals surface area contributed by atoms with Crippen LogP contribution in [-0.4, -0.2) is 11.1 Å². The topological polar surface area (TPSA) is 37.3 Å². The first kappa shape index (κ1) is 10.7. The predicted octanol–water partition coefficient (Wildman–Crippen LogP) is 3.42. The second kappa shape index (κ2) is 4.35. The number of carboxylic acid groups (broad SMARTS) is 1. The molecule has 0 aromatic heterocycles. The quantitative estimate of drug-likeness (QED) is 0.850. The summed E-state index contributed by atoms with van der Waals surface area (Å²) in [5.41, 5.74) is 0.883. The van der Waals surface area contributed by atoms with E-state index in [0.717, 1.165) is 16.3 Å². The Labute approximate surface area is 94.5 Å². The fraction of sp³-hybridized carbons (Fsp3) is 0.214. The lowest BCUT2D eigenvalue weighted by atomic mass is 9.94. The van der Waals surface area contributed by atoms with Crippen molar-refractivity contribution in [3.8, 4) is 0 Å². The summed E-state index contributed by atoms with van der Waals surface area (Å²) in [7, 11) is 0. The number of hydrogen-bond acceptors (Lipinski definition) is 1. The average Bonchev–Trinajstić information content (AvgIpc) is 2.29. The Morgan fingerprint density at radius 3 is 2.50 bits per heavy atom. The van der Waals surface area contributed by atoms with Gasteiger partial charge in [0.1, 0.15) is 0 Å². The van der Waals surface area contributed by atoms with Crippen molar-refractivity contribution in [2.75, 3.05) is 0 Å². The molecule has 0 radical (unpaired) electrons. The van der Waals surface area contributed by atoms with Crippen LogP contribution in [0.2, 0.25) is 0 Å². The smallest absolute Gasteiger partial charge is 0.310 e. The van der Waals surface area contributed by atoms with Crippen LogP contribution in [0.4, 0.5) is 0 Å². The molecular formula is C14H14O2. The number of aliphatic carboxylic acids is 1. The summed E-state index contributed by atoms with van der Waals surface area (Å²) in [6, 6.07) is 13.8. The van der Waals surface area contributed by atoms with Crippen molar-refractivity contribution >= 4 is 16.7 Å². The lowest BCUT2D eigenvalue weighted by molar-refractivity contribution is -0.138. The molecule has 2 rings (SSSR count). The van der Waals surface area contributed by atoms with Crippen molar-refractivity contribution in [3.05, 3.63) is 48.0 Å². The number of carboxylic acids is 1. The maximum atomic E-state index is 11.1. The van der Waals surface area contributed by atoms with E-state index in [2.05, 4.69) is 0 Å². The first-order chi connectivity index (χ1) is 7.72. The Bertz CT molecular complexity index is 517. The molecule has 2 nitrogen and oxygen atoms in total. The van der Waals surface area contributed by atoms with E-state index >= 15 is 0 Å². The second-order valence-corrected chi connectivity index (χ2v) is 3.91. The zero-order chi connectivity index (χ0) is 11.5. The van der Waals surface area contributed by atoms with E-state index in [4.69, 9.17) is 5.11 Å². The van der Waals surface area contributed by atoms with Crippen LogP contribution >= 0.6 is 0 Å². The molecule has 0 saturated carbocycles.